The normalized spacial score (nSPS) is 13.9. The Labute approximate surface area is 179 Å². The molecule has 8 nitrogen and oxygen atoms in total. The lowest BCUT2D eigenvalue weighted by Crippen LogP contribution is -2.51. The molecule has 9 heteroatoms. The van der Waals surface area contributed by atoms with Crippen LogP contribution in [0.1, 0.15) is 0 Å². The molecule has 0 N–H and O–H groups in total. The molecule has 4 rings (SSSR count). The van der Waals surface area contributed by atoms with Crippen LogP contribution in [-0.4, -0.2) is 67.8 Å². The highest BCUT2D eigenvalue weighted by Crippen LogP contribution is 2.23. The van der Waals surface area contributed by atoms with Gasteiger partial charge in [0.1, 0.15) is 18.1 Å². The van der Waals surface area contributed by atoms with Gasteiger partial charge in [-0.25, -0.2) is 4.39 Å². The zero-order chi connectivity index (χ0) is 21.8. The number of rotatable bonds is 6. The number of nitrogens with zero attached hydrogens (tertiary/aromatic N) is 5. The van der Waals surface area contributed by atoms with Crippen LogP contribution in [0.4, 0.5) is 16.1 Å². The lowest BCUT2D eigenvalue weighted by atomic mass is 10.2. The summed E-state index contributed by atoms with van der Waals surface area (Å²) in [6.07, 6.45) is 0. The zero-order valence-electron chi connectivity index (χ0n) is 17.5. The van der Waals surface area contributed by atoms with E-state index in [4.69, 9.17) is 9.26 Å². The number of ether oxygens (including phenoxy) is 1. The number of methoxy groups -OCH3 is 1. The first-order valence-electron chi connectivity index (χ1n) is 10.0. The molecular formula is C22H24FN5O3. The van der Waals surface area contributed by atoms with E-state index in [-0.39, 0.29) is 24.3 Å². The average Bonchev–Trinajstić information content (AvgIpc) is 3.30. The fourth-order valence-corrected chi connectivity index (χ4v) is 3.50. The molecule has 0 aliphatic carbocycles. The minimum Gasteiger partial charge on any atom is -0.497 e. The molecule has 0 unspecified atom stereocenters. The third kappa shape index (κ3) is 4.60. The van der Waals surface area contributed by atoms with Gasteiger partial charge in [0.15, 0.2) is 0 Å². The van der Waals surface area contributed by atoms with Gasteiger partial charge >= 0.3 is 6.01 Å². The Morgan fingerprint density at radius 3 is 2.52 bits per heavy atom. The Morgan fingerprint density at radius 1 is 1.13 bits per heavy atom. The molecule has 1 aromatic heterocycles. The monoisotopic (exact) mass is 425 g/mol. The van der Waals surface area contributed by atoms with Crippen LogP contribution >= 0.6 is 0 Å². The van der Waals surface area contributed by atoms with Crippen LogP contribution < -0.4 is 14.5 Å². The number of aromatic nitrogens is 2. The first-order valence-corrected chi connectivity index (χ1v) is 10.0. The maximum atomic E-state index is 14.0. The third-order valence-electron chi connectivity index (χ3n) is 5.29. The molecule has 1 amide bonds. The van der Waals surface area contributed by atoms with Gasteiger partial charge in [-0.05, 0) is 36.4 Å². The first kappa shape index (κ1) is 20.6. The van der Waals surface area contributed by atoms with E-state index < -0.39 is 0 Å². The van der Waals surface area contributed by atoms with Crippen molar-refractivity contribution >= 4 is 17.6 Å². The van der Waals surface area contributed by atoms with Crippen molar-refractivity contribution in [2.75, 3.05) is 56.7 Å². The number of hydrogen-bond donors (Lipinski definition) is 0. The highest BCUT2D eigenvalue weighted by atomic mass is 19.1. The van der Waals surface area contributed by atoms with E-state index in [1.54, 1.807) is 36.1 Å². The number of halogens is 1. The van der Waals surface area contributed by atoms with Crippen LogP contribution in [0.25, 0.3) is 11.4 Å². The second-order valence-electron chi connectivity index (χ2n) is 7.30. The van der Waals surface area contributed by atoms with Crippen molar-refractivity contribution in [2.24, 2.45) is 0 Å². The Balaban J connectivity index is 1.33. The van der Waals surface area contributed by atoms with Crippen LogP contribution in [0.5, 0.6) is 5.75 Å². The maximum absolute atomic E-state index is 14.0. The van der Waals surface area contributed by atoms with E-state index in [0.29, 0.717) is 37.7 Å². The summed E-state index contributed by atoms with van der Waals surface area (Å²) < 4.78 is 24.5. The molecule has 31 heavy (non-hydrogen) atoms. The van der Waals surface area contributed by atoms with E-state index >= 15 is 0 Å². The van der Waals surface area contributed by atoms with Gasteiger partial charge in [-0.2, -0.15) is 4.98 Å². The molecule has 0 saturated carbocycles. The number of piperazine rings is 1. The summed E-state index contributed by atoms with van der Waals surface area (Å²) in [7, 11) is 3.34. The number of carbonyl (C=O) groups excluding carboxylic acids is 1. The molecule has 3 aromatic rings. The summed E-state index contributed by atoms with van der Waals surface area (Å²) in [6.45, 7) is 2.34. The largest absolute Gasteiger partial charge is 0.497 e. The maximum Gasteiger partial charge on any atom is 0.324 e. The van der Waals surface area contributed by atoms with Crippen molar-refractivity contribution in [3.8, 4) is 17.1 Å². The molecule has 2 aromatic carbocycles. The summed E-state index contributed by atoms with van der Waals surface area (Å²) in [5, 5.41) is 4.00. The minimum absolute atomic E-state index is 0.0418. The van der Waals surface area contributed by atoms with Gasteiger partial charge < -0.3 is 24.0 Å². The molecule has 1 aliphatic rings. The van der Waals surface area contributed by atoms with Crippen molar-refractivity contribution in [2.45, 2.75) is 0 Å². The predicted octanol–water partition coefficient (Wildman–Crippen LogP) is 2.67. The van der Waals surface area contributed by atoms with E-state index in [2.05, 4.69) is 10.1 Å². The molecule has 0 radical (unpaired) electrons. The Morgan fingerprint density at radius 2 is 1.84 bits per heavy atom. The lowest BCUT2D eigenvalue weighted by molar-refractivity contribution is -0.130. The van der Waals surface area contributed by atoms with Gasteiger partial charge in [-0.1, -0.05) is 17.3 Å². The summed E-state index contributed by atoms with van der Waals surface area (Å²) >= 11 is 0. The Bertz CT molecular complexity index is 1030. The summed E-state index contributed by atoms with van der Waals surface area (Å²) in [5.41, 5.74) is 1.36. The van der Waals surface area contributed by atoms with E-state index in [9.17, 15) is 9.18 Å². The second kappa shape index (κ2) is 9.03. The van der Waals surface area contributed by atoms with Gasteiger partial charge in [0.2, 0.25) is 11.7 Å². The molecule has 0 bridgehead atoms. The summed E-state index contributed by atoms with van der Waals surface area (Å²) in [4.78, 5) is 22.5. The predicted molar refractivity (Wildman–Crippen MR) is 115 cm³/mol. The highest BCUT2D eigenvalue weighted by Gasteiger charge is 2.24. The standard InChI is InChI=1S/C22H24FN5O3/c1-26(22-24-21(25-31-22)16-7-9-17(30-2)10-8-16)15-20(29)28-13-11-27(12-14-28)19-6-4-3-5-18(19)23/h3-10H,11-15H2,1-2H3. The SMILES string of the molecule is COc1ccc(-c2noc(N(C)CC(=O)N3CCN(c4ccccc4F)CC3)n2)cc1. The number of para-hydroxylation sites is 1. The van der Waals surface area contributed by atoms with Gasteiger partial charge in [0.25, 0.3) is 0 Å². The van der Waals surface area contributed by atoms with Crippen molar-refractivity contribution in [1.82, 2.24) is 15.0 Å². The number of benzene rings is 2. The van der Waals surface area contributed by atoms with Gasteiger partial charge in [-0.15, -0.1) is 0 Å². The van der Waals surface area contributed by atoms with E-state index in [0.717, 1.165) is 11.3 Å². The Hall–Kier alpha value is -3.62. The molecule has 1 saturated heterocycles. The molecule has 0 atom stereocenters. The smallest absolute Gasteiger partial charge is 0.324 e. The van der Waals surface area contributed by atoms with Crippen molar-refractivity contribution < 1.29 is 18.4 Å². The van der Waals surface area contributed by atoms with Crippen molar-refractivity contribution in [3.05, 3.63) is 54.3 Å². The fraction of sp³-hybridized carbons (Fsp3) is 0.318. The van der Waals surface area contributed by atoms with E-state index in [1.165, 1.54) is 6.07 Å². The highest BCUT2D eigenvalue weighted by molar-refractivity contribution is 5.81. The molecule has 1 fully saturated rings. The lowest BCUT2D eigenvalue weighted by Gasteiger charge is -2.36. The number of carbonyl (C=O) groups is 1. The fourth-order valence-electron chi connectivity index (χ4n) is 3.50. The Kier molecular flexibility index (Phi) is 6.01. The average molecular weight is 425 g/mol. The number of anilines is 2. The third-order valence-corrected chi connectivity index (χ3v) is 5.29. The van der Waals surface area contributed by atoms with Crippen molar-refractivity contribution in [3.63, 3.8) is 0 Å². The molecule has 162 valence electrons. The van der Waals surface area contributed by atoms with Crippen LogP contribution in [0.3, 0.4) is 0 Å². The first-order chi connectivity index (χ1) is 15.0. The second-order valence-corrected chi connectivity index (χ2v) is 7.30. The van der Waals surface area contributed by atoms with Gasteiger partial charge in [-0.3, -0.25) is 4.79 Å². The zero-order valence-corrected chi connectivity index (χ0v) is 17.5. The molecule has 1 aliphatic heterocycles. The molecule has 2 heterocycles. The number of hydrogen-bond acceptors (Lipinski definition) is 7. The number of likely N-dealkylation sites (N-methyl/N-ethyl adjacent to an activating group) is 1. The van der Waals surface area contributed by atoms with Crippen LogP contribution in [0.2, 0.25) is 0 Å². The van der Waals surface area contributed by atoms with Gasteiger partial charge in [0, 0.05) is 38.8 Å². The van der Waals surface area contributed by atoms with Crippen LogP contribution in [-0.2, 0) is 4.79 Å². The summed E-state index contributed by atoms with van der Waals surface area (Å²) in [5.74, 6) is 0.895. The number of amides is 1. The molecule has 0 spiro atoms. The van der Waals surface area contributed by atoms with Crippen LogP contribution in [0.15, 0.2) is 53.1 Å². The van der Waals surface area contributed by atoms with Gasteiger partial charge in [0.05, 0.1) is 12.8 Å². The van der Waals surface area contributed by atoms with E-state index in [1.807, 2.05) is 35.2 Å². The minimum atomic E-state index is -0.244. The summed E-state index contributed by atoms with van der Waals surface area (Å²) in [6, 6.07) is 14.3. The van der Waals surface area contributed by atoms with Crippen molar-refractivity contribution in [1.29, 1.82) is 0 Å². The quantitative estimate of drug-likeness (QED) is 0.601. The topological polar surface area (TPSA) is 74.9 Å². The van der Waals surface area contributed by atoms with Crippen LogP contribution in [0, 0.1) is 5.82 Å². The molecular weight excluding hydrogens is 401 g/mol.